The second-order valence-electron chi connectivity index (χ2n) is 7.57. The fourth-order valence-electron chi connectivity index (χ4n) is 3.36. The molecule has 4 nitrogen and oxygen atoms in total. The standard InChI is InChI=1S/C24H28N2O2/c1-18(2)21-7-4-20(5-8-21)6-13-24(28)26-16-14-25(15-17-26)23-11-9-22(10-12-23)19(3)27/h4-13,18H,14-17H2,1-3H3/b13-6+. The second kappa shape index (κ2) is 8.87. The number of benzene rings is 2. The van der Waals surface area contributed by atoms with Gasteiger partial charge < -0.3 is 9.80 Å². The average molecular weight is 377 g/mol. The number of hydrogen-bond donors (Lipinski definition) is 0. The highest BCUT2D eigenvalue weighted by atomic mass is 16.2. The third kappa shape index (κ3) is 4.89. The lowest BCUT2D eigenvalue weighted by molar-refractivity contribution is -0.126. The van der Waals surface area contributed by atoms with E-state index in [4.69, 9.17) is 0 Å². The Kier molecular flexibility index (Phi) is 6.30. The molecule has 0 N–H and O–H groups in total. The number of amides is 1. The molecule has 0 spiro atoms. The summed E-state index contributed by atoms with van der Waals surface area (Å²) >= 11 is 0. The third-order valence-corrected chi connectivity index (χ3v) is 5.25. The predicted molar refractivity (Wildman–Crippen MR) is 115 cm³/mol. The summed E-state index contributed by atoms with van der Waals surface area (Å²) in [5, 5.41) is 0. The number of anilines is 1. The molecule has 1 heterocycles. The lowest BCUT2D eigenvalue weighted by Crippen LogP contribution is -2.48. The number of rotatable bonds is 5. The summed E-state index contributed by atoms with van der Waals surface area (Å²) in [4.78, 5) is 28.0. The summed E-state index contributed by atoms with van der Waals surface area (Å²) in [6, 6.07) is 16.0. The number of carbonyl (C=O) groups is 2. The minimum Gasteiger partial charge on any atom is -0.368 e. The van der Waals surface area contributed by atoms with Gasteiger partial charge in [0.25, 0.3) is 0 Å². The molecule has 1 fully saturated rings. The highest BCUT2D eigenvalue weighted by molar-refractivity contribution is 5.94. The number of hydrogen-bond acceptors (Lipinski definition) is 3. The van der Waals surface area contributed by atoms with Crippen molar-refractivity contribution in [2.24, 2.45) is 0 Å². The van der Waals surface area contributed by atoms with Crippen LogP contribution in [-0.4, -0.2) is 42.8 Å². The van der Waals surface area contributed by atoms with E-state index < -0.39 is 0 Å². The molecule has 146 valence electrons. The quantitative estimate of drug-likeness (QED) is 0.574. The summed E-state index contributed by atoms with van der Waals surface area (Å²) in [5.74, 6) is 0.640. The maximum absolute atomic E-state index is 12.5. The molecule has 1 aliphatic rings. The first-order valence-electron chi connectivity index (χ1n) is 9.87. The lowest BCUT2D eigenvalue weighted by Gasteiger charge is -2.35. The Morgan fingerprint density at radius 1 is 0.893 bits per heavy atom. The van der Waals surface area contributed by atoms with Gasteiger partial charge in [-0.3, -0.25) is 9.59 Å². The van der Waals surface area contributed by atoms with Crippen molar-refractivity contribution in [3.05, 3.63) is 71.3 Å². The molecule has 0 aliphatic carbocycles. The van der Waals surface area contributed by atoms with Gasteiger partial charge in [-0.05, 0) is 54.3 Å². The second-order valence-corrected chi connectivity index (χ2v) is 7.57. The molecule has 1 aliphatic heterocycles. The van der Waals surface area contributed by atoms with Gasteiger partial charge in [-0.15, -0.1) is 0 Å². The summed E-state index contributed by atoms with van der Waals surface area (Å²) in [6.07, 6.45) is 3.56. The van der Waals surface area contributed by atoms with Crippen molar-refractivity contribution >= 4 is 23.5 Å². The molecule has 0 saturated carbocycles. The van der Waals surface area contributed by atoms with Gasteiger partial charge in [0.15, 0.2) is 5.78 Å². The minimum atomic E-state index is 0.0551. The zero-order valence-electron chi connectivity index (χ0n) is 16.9. The molecule has 1 saturated heterocycles. The highest BCUT2D eigenvalue weighted by Crippen LogP contribution is 2.18. The van der Waals surface area contributed by atoms with E-state index in [-0.39, 0.29) is 11.7 Å². The van der Waals surface area contributed by atoms with Crippen LogP contribution in [-0.2, 0) is 4.79 Å². The van der Waals surface area contributed by atoms with Gasteiger partial charge in [0.2, 0.25) is 5.91 Å². The van der Waals surface area contributed by atoms with Crippen molar-refractivity contribution < 1.29 is 9.59 Å². The van der Waals surface area contributed by atoms with Crippen LogP contribution in [0.25, 0.3) is 6.08 Å². The van der Waals surface area contributed by atoms with Gasteiger partial charge in [0, 0.05) is 43.5 Å². The van der Waals surface area contributed by atoms with Crippen LogP contribution in [0.5, 0.6) is 0 Å². The molecule has 1 amide bonds. The van der Waals surface area contributed by atoms with Crippen molar-refractivity contribution in [1.29, 1.82) is 0 Å². The van der Waals surface area contributed by atoms with E-state index >= 15 is 0 Å². The van der Waals surface area contributed by atoms with Crippen LogP contribution in [0, 0.1) is 0 Å². The first-order valence-corrected chi connectivity index (χ1v) is 9.87. The largest absolute Gasteiger partial charge is 0.368 e. The Bertz CT molecular complexity index is 843. The molecule has 28 heavy (non-hydrogen) atoms. The molecule has 2 aromatic rings. The van der Waals surface area contributed by atoms with Crippen LogP contribution in [0.15, 0.2) is 54.6 Å². The van der Waals surface area contributed by atoms with E-state index in [0.29, 0.717) is 19.0 Å². The first kappa shape index (κ1) is 19.9. The van der Waals surface area contributed by atoms with Crippen LogP contribution in [0.4, 0.5) is 5.69 Å². The van der Waals surface area contributed by atoms with Crippen molar-refractivity contribution in [3.8, 4) is 0 Å². The zero-order chi connectivity index (χ0) is 20.1. The third-order valence-electron chi connectivity index (χ3n) is 5.25. The van der Waals surface area contributed by atoms with E-state index in [1.807, 2.05) is 35.2 Å². The number of ketones is 1. The smallest absolute Gasteiger partial charge is 0.246 e. The van der Waals surface area contributed by atoms with Gasteiger partial charge in [-0.1, -0.05) is 38.1 Å². The molecule has 0 atom stereocenters. The maximum atomic E-state index is 12.5. The Balaban J connectivity index is 1.53. The summed E-state index contributed by atoms with van der Waals surface area (Å²) < 4.78 is 0. The number of carbonyl (C=O) groups excluding carboxylic acids is 2. The van der Waals surface area contributed by atoms with Crippen molar-refractivity contribution in [1.82, 2.24) is 4.90 Å². The molecular formula is C24H28N2O2. The summed E-state index contributed by atoms with van der Waals surface area (Å²) in [7, 11) is 0. The van der Waals surface area contributed by atoms with Crippen LogP contribution in [0.1, 0.15) is 48.2 Å². The van der Waals surface area contributed by atoms with Crippen LogP contribution in [0.2, 0.25) is 0 Å². The molecule has 0 bridgehead atoms. The number of Topliss-reactive ketones (excluding diaryl/α,β-unsaturated/α-hetero) is 1. The molecule has 0 radical (unpaired) electrons. The van der Waals surface area contributed by atoms with Gasteiger partial charge in [-0.2, -0.15) is 0 Å². The van der Waals surface area contributed by atoms with E-state index in [2.05, 4.69) is 43.0 Å². The van der Waals surface area contributed by atoms with Crippen molar-refractivity contribution in [2.45, 2.75) is 26.7 Å². The molecule has 0 aromatic heterocycles. The van der Waals surface area contributed by atoms with Gasteiger partial charge in [0.1, 0.15) is 0 Å². The zero-order valence-corrected chi connectivity index (χ0v) is 16.9. The predicted octanol–water partition coefficient (Wildman–Crippen LogP) is 4.37. The topological polar surface area (TPSA) is 40.6 Å². The SMILES string of the molecule is CC(=O)c1ccc(N2CCN(C(=O)/C=C/c3ccc(C(C)C)cc3)CC2)cc1. The first-order chi connectivity index (χ1) is 13.4. The maximum Gasteiger partial charge on any atom is 0.246 e. The Morgan fingerprint density at radius 2 is 1.50 bits per heavy atom. The van der Waals surface area contributed by atoms with E-state index in [1.54, 1.807) is 13.0 Å². The van der Waals surface area contributed by atoms with Gasteiger partial charge >= 0.3 is 0 Å². The fraction of sp³-hybridized carbons (Fsp3) is 0.333. The van der Waals surface area contributed by atoms with E-state index in [9.17, 15) is 9.59 Å². The van der Waals surface area contributed by atoms with Crippen LogP contribution >= 0.6 is 0 Å². The van der Waals surface area contributed by atoms with Crippen LogP contribution < -0.4 is 4.90 Å². The normalized spacial score (nSPS) is 14.7. The van der Waals surface area contributed by atoms with Gasteiger partial charge in [0.05, 0.1) is 0 Å². The molecular weight excluding hydrogens is 348 g/mol. The Hall–Kier alpha value is -2.88. The van der Waals surface area contributed by atoms with Gasteiger partial charge in [-0.25, -0.2) is 0 Å². The summed E-state index contributed by atoms with van der Waals surface area (Å²) in [6.45, 7) is 8.90. The monoisotopic (exact) mass is 376 g/mol. The summed E-state index contributed by atoms with van der Waals surface area (Å²) in [5.41, 5.74) is 4.17. The highest BCUT2D eigenvalue weighted by Gasteiger charge is 2.19. The number of nitrogens with zero attached hydrogens (tertiary/aromatic N) is 2. The molecule has 0 unspecified atom stereocenters. The Labute approximate surface area is 167 Å². The molecule has 4 heteroatoms. The van der Waals surface area contributed by atoms with Crippen LogP contribution in [0.3, 0.4) is 0 Å². The Morgan fingerprint density at radius 3 is 2.04 bits per heavy atom. The average Bonchev–Trinajstić information content (AvgIpc) is 2.72. The number of piperazine rings is 1. The lowest BCUT2D eigenvalue weighted by atomic mass is 10.0. The van der Waals surface area contributed by atoms with Crippen molar-refractivity contribution in [3.63, 3.8) is 0 Å². The molecule has 3 rings (SSSR count). The minimum absolute atomic E-state index is 0.0551. The van der Waals surface area contributed by atoms with E-state index in [1.165, 1.54) is 5.56 Å². The fourth-order valence-corrected chi connectivity index (χ4v) is 3.36. The van der Waals surface area contributed by atoms with Crippen molar-refractivity contribution in [2.75, 3.05) is 31.1 Å². The molecule has 2 aromatic carbocycles. The van der Waals surface area contributed by atoms with E-state index in [0.717, 1.165) is 29.9 Å².